The third-order valence-corrected chi connectivity index (χ3v) is 5.01. The number of hydrogen-bond donors (Lipinski definition) is 0. The number of sulfone groups is 1. The lowest BCUT2D eigenvalue weighted by Crippen LogP contribution is -2.35. The molecule has 122 valence electrons. The highest BCUT2D eigenvalue weighted by molar-refractivity contribution is 7.91. The van der Waals surface area contributed by atoms with Crippen molar-refractivity contribution in [3.05, 3.63) is 18.6 Å². The second-order valence-electron chi connectivity index (χ2n) is 6.41. The summed E-state index contributed by atoms with van der Waals surface area (Å²) in [4.78, 5) is 21.2. The molecule has 2 heterocycles. The zero-order valence-corrected chi connectivity index (χ0v) is 13.8. The van der Waals surface area contributed by atoms with Crippen LogP contribution >= 0.6 is 0 Å². The lowest BCUT2D eigenvalue weighted by molar-refractivity contribution is 0.0289. The SMILES string of the molecule is CC(C)(C)OC(=O)N1CCC(CS(=O)(=O)c2cnccn2)C1. The van der Waals surface area contributed by atoms with Gasteiger partial charge >= 0.3 is 6.09 Å². The van der Waals surface area contributed by atoms with Crippen molar-refractivity contribution >= 4 is 15.9 Å². The van der Waals surface area contributed by atoms with Crippen LogP contribution in [0.5, 0.6) is 0 Å². The Labute approximate surface area is 130 Å². The first kappa shape index (κ1) is 16.7. The molecular formula is C14H21N3O4S. The quantitative estimate of drug-likeness (QED) is 0.836. The lowest BCUT2D eigenvalue weighted by Gasteiger charge is -2.24. The van der Waals surface area contributed by atoms with Gasteiger partial charge in [0.05, 0.1) is 11.9 Å². The van der Waals surface area contributed by atoms with Crippen LogP contribution < -0.4 is 0 Å². The minimum absolute atomic E-state index is 0.0225. The minimum atomic E-state index is -3.48. The van der Waals surface area contributed by atoms with E-state index in [-0.39, 0.29) is 16.7 Å². The first-order valence-corrected chi connectivity index (χ1v) is 8.79. The Balaban J connectivity index is 1.95. The molecule has 0 bridgehead atoms. The molecule has 1 aliphatic rings. The highest BCUT2D eigenvalue weighted by atomic mass is 32.2. The Morgan fingerprint density at radius 2 is 2.14 bits per heavy atom. The first-order chi connectivity index (χ1) is 10.2. The van der Waals surface area contributed by atoms with Crippen molar-refractivity contribution in [2.45, 2.75) is 37.8 Å². The van der Waals surface area contributed by atoms with E-state index in [1.54, 1.807) is 25.7 Å². The Bertz CT molecular complexity index is 625. The molecule has 1 aliphatic heterocycles. The number of rotatable bonds is 3. The molecule has 0 radical (unpaired) electrons. The number of ether oxygens (including phenoxy) is 1. The number of aromatic nitrogens is 2. The van der Waals surface area contributed by atoms with Crippen LogP contribution in [-0.2, 0) is 14.6 Å². The molecule has 1 amide bonds. The highest BCUT2D eigenvalue weighted by Crippen LogP contribution is 2.22. The molecule has 0 N–H and O–H groups in total. The summed E-state index contributed by atoms with van der Waals surface area (Å²) in [6.45, 7) is 6.30. The maximum absolute atomic E-state index is 12.3. The third-order valence-electron chi connectivity index (χ3n) is 3.25. The number of carbonyl (C=O) groups is 1. The minimum Gasteiger partial charge on any atom is -0.444 e. The molecule has 0 spiro atoms. The Kier molecular flexibility index (Phi) is 4.69. The van der Waals surface area contributed by atoms with Gasteiger partial charge in [-0.2, -0.15) is 0 Å². The smallest absolute Gasteiger partial charge is 0.410 e. The topological polar surface area (TPSA) is 89.5 Å². The second-order valence-corrected chi connectivity index (χ2v) is 8.39. The monoisotopic (exact) mass is 327 g/mol. The predicted molar refractivity (Wildman–Crippen MR) is 80.0 cm³/mol. The summed E-state index contributed by atoms with van der Waals surface area (Å²) in [5, 5.41) is -0.0225. The zero-order valence-electron chi connectivity index (χ0n) is 13.0. The second kappa shape index (κ2) is 6.20. The van der Waals surface area contributed by atoms with Gasteiger partial charge in [-0.1, -0.05) is 0 Å². The van der Waals surface area contributed by atoms with E-state index in [4.69, 9.17) is 4.74 Å². The van der Waals surface area contributed by atoms with Crippen LogP contribution in [0.15, 0.2) is 23.6 Å². The molecule has 1 aromatic heterocycles. The fourth-order valence-electron chi connectivity index (χ4n) is 2.30. The molecular weight excluding hydrogens is 306 g/mol. The van der Waals surface area contributed by atoms with Gasteiger partial charge < -0.3 is 9.64 Å². The summed E-state index contributed by atoms with van der Waals surface area (Å²) in [6.07, 6.45) is 4.27. The van der Waals surface area contributed by atoms with E-state index in [0.717, 1.165) is 0 Å². The third kappa shape index (κ3) is 4.40. The van der Waals surface area contributed by atoms with Crippen LogP contribution in [0, 0.1) is 5.92 Å². The number of amides is 1. The van der Waals surface area contributed by atoms with Crippen molar-refractivity contribution < 1.29 is 17.9 Å². The molecule has 1 fully saturated rings. The number of hydrogen-bond acceptors (Lipinski definition) is 6. The van der Waals surface area contributed by atoms with Crippen molar-refractivity contribution in [2.75, 3.05) is 18.8 Å². The van der Waals surface area contributed by atoms with Gasteiger partial charge in [-0.25, -0.2) is 18.2 Å². The summed E-state index contributed by atoms with van der Waals surface area (Å²) in [6, 6.07) is 0. The van der Waals surface area contributed by atoms with Gasteiger partial charge in [-0.3, -0.25) is 4.98 Å². The van der Waals surface area contributed by atoms with E-state index in [9.17, 15) is 13.2 Å². The molecule has 8 heteroatoms. The molecule has 0 aliphatic carbocycles. The summed E-state index contributed by atoms with van der Waals surface area (Å²) < 4.78 is 29.8. The van der Waals surface area contributed by atoms with E-state index in [1.165, 1.54) is 18.6 Å². The maximum atomic E-state index is 12.3. The molecule has 0 saturated carbocycles. The van der Waals surface area contributed by atoms with E-state index >= 15 is 0 Å². The van der Waals surface area contributed by atoms with Crippen molar-refractivity contribution in [1.82, 2.24) is 14.9 Å². The zero-order chi connectivity index (χ0) is 16.4. The number of likely N-dealkylation sites (tertiary alicyclic amines) is 1. The Morgan fingerprint density at radius 3 is 2.73 bits per heavy atom. The molecule has 2 rings (SSSR count). The van der Waals surface area contributed by atoms with Crippen molar-refractivity contribution in [3.63, 3.8) is 0 Å². The molecule has 22 heavy (non-hydrogen) atoms. The van der Waals surface area contributed by atoms with Gasteiger partial charge in [0.1, 0.15) is 5.60 Å². The summed E-state index contributed by atoms with van der Waals surface area (Å²) in [5.41, 5.74) is -0.555. The Morgan fingerprint density at radius 1 is 1.41 bits per heavy atom. The van der Waals surface area contributed by atoms with Crippen LogP contribution in [0.1, 0.15) is 27.2 Å². The van der Waals surface area contributed by atoms with Crippen LogP contribution in [-0.4, -0.2) is 53.8 Å². The molecule has 1 atom stereocenters. The van der Waals surface area contributed by atoms with Gasteiger partial charge in [-0.15, -0.1) is 0 Å². The summed E-state index contributed by atoms with van der Waals surface area (Å²) in [7, 11) is -3.48. The van der Waals surface area contributed by atoms with Crippen molar-refractivity contribution in [2.24, 2.45) is 5.92 Å². The molecule has 1 aromatic rings. The molecule has 0 aromatic carbocycles. The number of nitrogens with zero attached hydrogens (tertiary/aromatic N) is 3. The predicted octanol–water partition coefficient (Wildman–Crippen LogP) is 1.51. The highest BCUT2D eigenvalue weighted by Gasteiger charge is 2.33. The van der Waals surface area contributed by atoms with E-state index in [2.05, 4.69) is 9.97 Å². The standard InChI is InChI=1S/C14H21N3O4S/c1-14(2,3)21-13(18)17-7-4-11(9-17)10-22(19,20)12-8-15-5-6-16-12/h5-6,8,11H,4,7,9-10H2,1-3H3. The normalized spacial score (nSPS) is 19.2. The Hall–Kier alpha value is -1.70. The lowest BCUT2D eigenvalue weighted by atomic mass is 10.2. The summed E-state index contributed by atoms with van der Waals surface area (Å²) in [5.74, 6) is -0.148. The van der Waals surface area contributed by atoms with Crippen LogP contribution in [0.2, 0.25) is 0 Å². The van der Waals surface area contributed by atoms with Gasteiger partial charge in [0.25, 0.3) is 0 Å². The molecule has 7 nitrogen and oxygen atoms in total. The van der Waals surface area contributed by atoms with Crippen LogP contribution in [0.3, 0.4) is 0 Å². The summed E-state index contributed by atoms with van der Waals surface area (Å²) >= 11 is 0. The largest absolute Gasteiger partial charge is 0.444 e. The average Bonchev–Trinajstić information content (AvgIpc) is 2.86. The molecule has 1 unspecified atom stereocenters. The van der Waals surface area contributed by atoms with Gasteiger partial charge in [-0.05, 0) is 33.1 Å². The average molecular weight is 327 g/mol. The molecule has 1 saturated heterocycles. The van der Waals surface area contributed by atoms with Crippen molar-refractivity contribution in [3.8, 4) is 0 Å². The fourth-order valence-corrected chi connectivity index (χ4v) is 3.81. The van der Waals surface area contributed by atoms with Crippen LogP contribution in [0.4, 0.5) is 4.79 Å². The van der Waals surface area contributed by atoms with Crippen molar-refractivity contribution in [1.29, 1.82) is 0 Å². The maximum Gasteiger partial charge on any atom is 0.410 e. The first-order valence-electron chi connectivity index (χ1n) is 7.14. The van der Waals surface area contributed by atoms with E-state index in [0.29, 0.717) is 19.5 Å². The van der Waals surface area contributed by atoms with Gasteiger partial charge in [0.15, 0.2) is 14.9 Å². The number of carbonyl (C=O) groups excluding carboxylic acids is 1. The van der Waals surface area contributed by atoms with Gasteiger partial charge in [0, 0.05) is 25.5 Å². The van der Waals surface area contributed by atoms with E-state index in [1.807, 2.05) is 0 Å². The fraction of sp³-hybridized carbons (Fsp3) is 0.643. The van der Waals surface area contributed by atoms with Gasteiger partial charge in [0.2, 0.25) is 0 Å². The van der Waals surface area contributed by atoms with E-state index < -0.39 is 21.5 Å². The van der Waals surface area contributed by atoms with Crippen LogP contribution in [0.25, 0.3) is 0 Å².